The first kappa shape index (κ1) is 23.7. The monoisotopic (exact) mass is 499 g/mol. The maximum atomic E-state index is 16.0. The molecule has 2 heterocycles. The Hall–Kier alpha value is -5.06. The largest absolute Gasteiger partial charge is 0.366 e. The van der Waals surface area contributed by atoms with E-state index in [-0.39, 0.29) is 27.9 Å². The molecule has 0 aliphatic rings. The lowest BCUT2D eigenvalue weighted by Crippen LogP contribution is -2.21. The van der Waals surface area contributed by atoms with Crippen LogP contribution in [0.5, 0.6) is 0 Å². The molecule has 0 aliphatic heterocycles. The average molecular weight is 500 g/mol. The quantitative estimate of drug-likeness (QED) is 0.371. The minimum atomic E-state index is -0.632. The summed E-state index contributed by atoms with van der Waals surface area (Å²) in [5.41, 5.74) is 7.39. The van der Waals surface area contributed by atoms with Gasteiger partial charge in [-0.3, -0.25) is 14.3 Å². The average Bonchev–Trinajstić information content (AvgIpc) is 3.45. The smallest absolute Gasteiger partial charge is 0.350 e. The molecule has 186 valence electrons. The number of aryl methyl sites for hydroxylation is 2. The van der Waals surface area contributed by atoms with E-state index in [9.17, 15) is 14.4 Å². The van der Waals surface area contributed by atoms with Crippen molar-refractivity contribution in [3.8, 4) is 16.8 Å². The molecule has 0 saturated heterocycles. The molecule has 0 aliphatic carbocycles. The lowest BCUT2D eigenvalue weighted by molar-refractivity contribution is 0.0995. The molecule has 0 saturated carbocycles. The van der Waals surface area contributed by atoms with Gasteiger partial charge in [-0.15, -0.1) is 0 Å². The number of amides is 2. The number of nitrogens with two attached hydrogens (primary N) is 1. The number of primary amides is 1. The Morgan fingerprint density at radius 2 is 1.84 bits per heavy atom. The Labute approximate surface area is 209 Å². The maximum Gasteiger partial charge on any atom is 0.350 e. The van der Waals surface area contributed by atoms with E-state index in [1.165, 1.54) is 27.7 Å². The molecule has 2 amide bonds. The number of benzene rings is 3. The molecule has 0 unspecified atom stereocenters. The Morgan fingerprint density at radius 1 is 1.08 bits per heavy atom. The van der Waals surface area contributed by atoms with Gasteiger partial charge in [0.1, 0.15) is 12.1 Å². The Bertz CT molecular complexity index is 1730. The van der Waals surface area contributed by atoms with Gasteiger partial charge in [-0.05, 0) is 55.0 Å². The van der Waals surface area contributed by atoms with Gasteiger partial charge in [0.25, 0.3) is 5.91 Å². The Morgan fingerprint density at radius 3 is 2.49 bits per heavy atom. The lowest BCUT2D eigenvalue weighted by Gasteiger charge is -2.08. The van der Waals surface area contributed by atoms with Gasteiger partial charge in [-0.1, -0.05) is 18.2 Å². The van der Waals surface area contributed by atoms with Gasteiger partial charge in [0.15, 0.2) is 5.69 Å². The summed E-state index contributed by atoms with van der Waals surface area (Å²) in [5.74, 6) is -1.85. The molecule has 10 nitrogen and oxygen atoms in total. The van der Waals surface area contributed by atoms with Crippen LogP contribution >= 0.6 is 0 Å². The first-order valence-electron chi connectivity index (χ1n) is 11.4. The van der Waals surface area contributed by atoms with Gasteiger partial charge in [-0.2, -0.15) is 10.2 Å². The van der Waals surface area contributed by atoms with E-state index in [1.54, 1.807) is 60.3 Å². The number of halogens is 1. The van der Waals surface area contributed by atoms with Gasteiger partial charge in [-0.25, -0.2) is 18.4 Å². The third kappa shape index (κ3) is 4.16. The van der Waals surface area contributed by atoms with E-state index in [1.807, 2.05) is 6.92 Å². The molecule has 37 heavy (non-hydrogen) atoms. The van der Waals surface area contributed by atoms with Crippen LogP contribution in [0.25, 0.3) is 27.7 Å². The number of aromatic nitrogens is 5. The second-order valence-electron chi connectivity index (χ2n) is 8.34. The Balaban J connectivity index is 1.55. The number of rotatable bonds is 6. The summed E-state index contributed by atoms with van der Waals surface area (Å²) in [6, 6.07) is 16.3. The number of carbonyl (C=O) groups is 2. The molecule has 5 rings (SSSR count). The van der Waals surface area contributed by atoms with E-state index in [0.717, 1.165) is 0 Å². The van der Waals surface area contributed by atoms with Crippen molar-refractivity contribution in [1.82, 2.24) is 24.1 Å². The molecule has 5 aromatic rings. The SMILES string of the molecule is CCn1nc(C(=O)Nc2cccc(C(N)=O)c2)c2c(F)c(-c3ccc(-n4cnn(C)c4=O)cc3)ccc21. The summed E-state index contributed by atoms with van der Waals surface area (Å²) in [5, 5.41) is 11.0. The number of nitrogens with one attached hydrogen (secondary N) is 1. The molecule has 2 aromatic heterocycles. The molecule has 3 aromatic carbocycles. The van der Waals surface area contributed by atoms with Crippen molar-refractivity contribution >= 4 is 28.4 Å². The number of nitrogens with zero attached hydrogens (tertiary/aromatic N) is 5. The fraction of sp³-hybridized carbons (Fsp3) is 0.115. The fourth-order valence-corrected chi connectivity index (χ4v) is 4.16. The van der Waals surface area contributed by atoms with Crippen molar-refractivity contribution in [3.05, 3.63) is 94.5 Å². The predicted octanol–water partition coefficient (Wildman–Crippen LogP) is 3.10. The standard InChI is InChI=1S/C26H22FN7O3/c1-3-34-20-12-11-19(15-7-9-18(10-8-15)33-14-29-32(2)26(33)37)22(27)21(20)23(31-34)25(36)30-17-6-4-5-16(13-17)24(28)35/h4-14H,3H2,1-2H3,(H2,28,35)(H,30,36). The second-order valence-corrected chi connectivity index (χ2v) is 8.34. The van der Waals surface area contributed by atoms with Crippen molar-refractivity contribution in [3.63, 3.8) is 0 Å². The van der Waals surface area contributed by atoms with Crippen LogP contribution in [0.1, 0.15) is 27.8 Å². The molecule has 0 atom stereocenters. The zero-order valence-electron chi connectivity index (χ0n) is 20.0. The van der Waals surface area contributed by atoms with E-state index < -0.39 is 17.6 Å². The normalized spacial score (nSPS) is 11.1. The number of anilines is 1. The summed E-state index contributed by atoms with van der Waals surface area (Å²) < 4.78 is 20.1. The molecule has 0 fully saturated rings. The number of hydrogen-bond donors (Lipinski definition) is 2. The third-order valence-corrected chi connectivity index (χ3v) is 6.05. The number of hydrogen-bond acceptors (Lipinski definition) is 5. The van der Waals surface area contributed by atoms with Gasteiger partial charge in [0.2, 0.25) is 5.91 Å². The number of fused-ring (bicyclic) bond motifs is 1. The zero-order chi connectivity index (χ0) is 26.3. The van der Waals surface area contributed by atoms with Gasteiger partial charge < -0.3 is 11.1 Å². The van der Waals surface area contributed by atoms with Gasteiger partial charge in [0, 0.05) is 30.4 Å². The summed E-state index contributed by atoms with van der Waals surface area (Å²) in [7, 11) is 1.55. The van der Waals surface area contributed by atoms with Crippen LogP contribution in [-0.2, 0) is 13.6 Å². The maximum absolute atomic E-state index is 16.0. The van der Waals surface area contributed by atoms with Crippen LogP contribution in [0, 0.1) is 5.82 Å². The Kier molecular flexibility index (Phi) is 5.88. The highest BCUT2D eigenvalue weighted by molar-refractivity contribution is 6.12. The zero-order valence-corrected chi connectivity index (χ0v) is 20.0. The molecular weight excluding hydrogens is 477 g/mol. The van der Waals surface area contributed by atoms with E-state index in [2.05, 4.69) is 15.5 Å². The highest BCUT2D eigenvalue weighted by Gasteiger charge is 2.23. The summed E-state index contributed by atoms with van der Waals surface area (Å²) >= 11 is 0. The van der Waals surface area contributed by atoms with Crippen molar-refractivity contribution in [2.75, 3.05) is 5.32 Å². The summed E-state index contributed by atoms with van der Waals surface area (Å²) in [4.78, 5) is 36.8. The van der Waals surface area contributed by atoms with Crippen LogP contribution in [0.2, 0.25) is 0 Å². The highest BCUT2D eigenvalue weighted by Crippen LogP contribution is 2.32. The second kappa shape index (κ2) is 9.19. The van der Waals surface area contributed by atoms with Crippen molar-refractivity contribution in [1.29, 1.82) is 0 Å². The van der Waals surface area contributed by atoms with Crippen LogP contribution in [-0.4, -0.2) is 35.9 Å². The molecule has 0 radical (unpaired) electrons. The topological polar surface area (TPSA) is 130 Å². The van der Waals surface area contributed by atoms with E-state index in [4.69, 9.17) is 5.73 Å². The molecule has 3 N–H and O–H groups in total. The van der Waals surface area contributed by atoms with Crippen LogP contribution in [0.3, 0.4) is 0 Å². The van der Waals surface area contributed by atoms with Gasteiger partial charge >= 0.3 is 5.69 Å². The summed E-state index contributed by atoms with van der Waals surface area (Å²) in [6.07, 6.45) is 1.41. The van der Waals surface area contributed by atoms with Gasteiger partial charge in [0.05, 0.1) is 16.6 Å². The summed E-state index contributed by atoms with van der Waals surface area (Å²) in [6.45, 7) is 2.27. The molecule has 0 spiro atoms. The fourth-order valence-electron chi connectivity index (χ4n) is 4.16. The molecule has 0 bridgehead atoms. The minimum Gasteiger partial charge on any atom is -0.366 e. The van der Waals surface area contributed by atoms with Crippen molar-refractivity contribution < 1.29 is 14.0 Å². The van der Waals surface area contributed by atoms with E-state index >= 15 is 4.39 Å². The highest BCUT2D eigenvalue weighted by atomic mass is 19.1. The first-order chi connectivity index (χ1) is 17.8. The molecular formula is C26H22FN7O3. The van der Waals surface area contributed by atoms with Crippen LogP contribution in [0.15, 0.2) is 71.8 Å². The van der Waals surface area contributed by atoms with Crippen LogP contribution < -0.4 is 16.7 Å². The first-order valence-corrected chi connectivity index (χ1v) is 11.4. The number of carbonyl (C=O) groups excluding carboxylic acids is 2. The third-order valence-electron chi connectivity index (χ3n) is 6.05. The van der Waals surface area contributed by atoms with Crippen LogP contribution in [0.4, 0.5) is 10.1 Å². The minimum absolute atomic E-state index is 0.0791. The van der Waals surface area contributed by atoms with Crippen molar-refractivity contribution in [2.24, 2.45) is 12.8 Å². The predicted molar refractivity (Wildman–Crippen MR) is 136 cm³/mol. The lowest BCUT2D eigenvalue weighted by atomic mass is 10.0. The van der Waals surface area contributed by atoms with Crippen molar-refractivity contribution in [2.45, 2.75) is 13.5 Å². The molecule has 11 heteroatoms. The van der Waals surface area contributed by atoms with E-state index in [0.29, 0.717) is 29.0 Å².